The van der Waals surface area contributed by atoms with Gasteiger partial charge in [0.25, 0.3) is 0 Å². The number of hydrogen-bond acceptors (Lipinski definition) is 2. The van der Waals surface area contributed by atoms with Gasteiger partial charge in [0.1, 0.15) is 0 Å². The molecule has 2 amide bonds. The molecule has 4 nitrogen and oxygen atoms in total. The van der Waals surface area contributed by atoms with Crippen LogP contribution in [-0.2, 0) is 9.59 Å². The fraction of sp³-hybridized carbons (Fsp3) is 0.391. The molecule has 0 bridgehead atoms. The summed E-state index contributed by atoms with van der Waals surface area (Å²) < 4.78 is 0. The first-order valence-electron chi connectivity index (χ1n) is 9.60. The lowest BCUT2D eigenvalue weighted by Crippen LogP contribution is -2.40. The van der Waals surface area contributed by atoms with E-state index in [9.17, 15) is 9.59 Å². The molecule has 0 radical (unpaired) electrons. The third-order valence-corrected chi connectivity index (χ3v) is 4.88. The Bertz CT molecular complexity index is 756. The molecule has 0 aromatic heterocycles. The van der Waals surface area contributed by atoms with Crippen molar-refractivity contribution < 1.29 is 9.59 Å². The van der Waals surface area contributed by atoms with E-state index in [2.05, 4.69) is 31.2 Å². The second-order valence-electron chi connectivity index (χ2n) is 6.84. The van der Waals surface area contributed by atoms with Gasteiger partial charge in [0.05, 0.1) is 6.54 Å². The van der Waals surface area contributed by atoms with Crippen molar-refractivity contribution in [3.63, 3.8) is 0 Å². The Labute approximate surface area is 162 Å². The molecule has 2 unspecified atom stereocenters. The van der Waals surface area contributed by atoms with E-state index in [4.69, 9.17) is 0 Å². The minimum atomic E-state index is -0.0883. The van der Waals surface area contributed by atoms with Crippen LogP contribution < -0.4 is 4.90 Å². The van der Waals surface area contributed by atoms with Gasteiger partial charge >= 0.3 is 0 Å². The summed E-state index contributed by atoms with van der Waals surface area (Å²) in [6.45, 7) is 6.16. The zero-order valence-corrected chi connectivity index (χ0v) is 17.0. The number of rotatable bonds is 5. The summed E-state index contributed by atoms with van der Waals surface area (Å²) in [6.07, 6.45) is 0.870. The monoisotopic (exact) mass is 366 g/mol. The minimum absolute atomic E-state index is 0.00235. The average molecular weight is 367 g/mol. The van der Waals surface area contributed by atoms with E-state index in [1.807, 2.05) is 44.2 Å². The number of carbonyl (C=O) groups is 2. The first-order chi connectivity index (χ1) is 13.0. The third kappa shape index (κ3) is 5.19. The summed E-state index contributed by atoms with van der Waals surface area (Å²) in [5.41, 5.74) is 3.27. The van der Waals surface area contributed by atoms with E-state index < -0.39 is 0 Å². The molecular formula is C23H30N2O2. The zero-order chi connectivity index (χ0) is 20.0. The second-order valence-corrected chi connectivity index (χ2v) is 6.84. The highest BCUT2D eigenvalue weighted by Gasteiger charge is 2.45. The molecule has 3 rings (SSSR count). The first kappa shape index (κ1) is 20.7. The second kappa shape index (κ2) is 9.36. The van der Waals surface area contributed by atoms with E-state index in [0.717, 1.165) is 12.1 Å². The lowest BCUT2D eigenvalue weighted by molar-refractivity contribution is -0.135. The third-order valence-electron chi connectivity index (χ3n) is 4.88. The number of aryl methyl sites for hydroxylation is 1. The van der Waals surface area contributed by atoms with Crippen molar-refractivity contribution in [1.29, 1.82) is 0 Å². The molecule has 2 aromatic rings. The highest BCUT2D eigenvalue weighted by atomic mass is 16.2. The Balaban J connectivity index is 0.00000126. The van der Waals surface area contributed by atoms with Crippen LogP contribution in [0.5, 0.6) is 0 Å². The lowest BCUT2D eigenvalue weighted by atomic mass is 10.1. The zero-order valence-electron chi connectivity index (χ0n) is 17.0. The molecule has 0 heterocycles. The quantitative estimate of drug-likeness (QED) is 0.794. The minimum Gasteiger partial charge on any atom is -0.336 e. The molecule has 0 saturated heterocycles. The maximum atomic E-state index is 12.6. The topological polar surface area (TPSA) is 40.6 Å². The van der Waals surface area contributed by atoms with Gasteiger partial charge in [-0.2, -0.15) is 0 Å². The van der Waals surface area contributed by atoms with Gasteiger partial charge in [-0.25, -0.2) is 0 Å². The van der Waals surface area contributed by atoms with Crippen molar-refractivity contribution in [2.75, 3.05) is 25.5 Å². The molecule has 0 aliphatic heterocycles. The molecule has 0 spiro atoms. The van der Waals surface area contributed by atoms with Crippen molar-refractivity contribution in [2.45, 2.75) is 33.1 Å². The molecule has 1 saturated carbocycles. The molecular weight excluding hydrogens is 336 g/mol. The first-order valence-corrected chi connectivity index (χ1v) is 9.60. The smallest absolute Gasteiger partial charge is 0.246 e. The fourth-order valence-corrected chi connectivity index (χ4v) is 3.12. The number of nitrogens with zero attached hydrogens (tertiary/aromatic N) is 2. The van der Waals surface area contributed by atoms with Gasteiger partial charge in [0.15, 0.2) is 0 Å². The van der Waals surface area contributed by atoms with Crippen LogP contribution >= 0.6 is 0 Å². The van der Waals surface area contributed by atoms with Gasteiger partial charge in [-0.05, 0) is 37.0 Å². The molecule has 27 heavy (non-hydrogen) atoms. The molecule has 1 aliphatic carbocycles. The Morgan fingerprint density at radius 1 is 0.963 bits per heavy atom. The molecule has 2 atom stereocenters. The molecule has 1 fully saturated rings. The van der Waals surface area contributed by atoms with E-state index in [0.29, 0.717) is 0 Å². The van der Waals surface area contributed by atoms with Gasteiger partial charge in [-0.15, -0.1) is 0 Å². The molecule has 1 aliphatic rings. The van der Waals surface area contributed by atoms with Crippen LogP contribution in [-0.4, -0.2) is 37.4 Å². The Kier molecular flexibility index (Phi) is 7.17. The lowest BCUT2D eigenvalue weighted by Gasteiger charge is -2.22. The number of para-hydroxylation sites is 1. The number of likely N-dealkylation sites (N-methyl/N-ethyl adjacent to an activating group) is 2. The normalized spacial score (nSPS) is 17.4. The Morgan fingerprint density at radius 3 is 2.15 bits per heavy atom. The van der Waals surface area contributed by atoms with Crippen LogP contribution in [0.15, 0.2) is 54.6 Å². The van der Waals surface area contributed by atoms with Crippen molar-refractivity contribution >= 4 is 17.5 Å². The van der Waals surface area contributed by atoms with E-state index in [1.54, 1.807) is 23.9 Å². The summed E-state index contributed by atoms with van der Waals surface area (Å²) in [4.78, 5) is 28.2. The summed E-state index contributed by atoms with van der Waals surface area (Å²) in [7, 11) is 3.45. The summed E-state index contributed by atoms with van der Waals surface area (Å²) in [6, 6.07) is 17.8. The predicted molar refractivity (Wildman–Crippen MR) is 111 cm³/mol. The van der Waals surface area contributed by atoms with Crippen LogP contribution in [0.1, 0.15) is 37.3 Å². The van der Waals surface area contributed by atoms with Gasteiger partial charge in [0.2, 0.25) is 11.8 Å². The summed E-state index contributed by atoms with van der Waals surface area (Å²) in [5, 5.41) is 0. The van der Waals surface area contributed by atoms with Crippen molar-refractivity contribution in [3.8, 4) is 0 Å². The van der Waals surface area contributed by atoms with E-state index >= 15 is 0 Å². The Hall–Kier alpha value is -2.62. The number of carbonyl (C=O) groups excluding carboxylic acids is 2. The van der Waals surface area contributed by atoms with E-state index in [-0.39, 0.29) is 30.2 Å². The van der Waals surface area contributed by atoms with Gasteiger partial charge in [0, 0.05) is 25.7 Å². The maximum absolute atomic E-state index is 12.6. The highest BCUT2D eigenvalue weighted by molar-refractivity contribution is 5.96. The van der Waals surface area contributed by atoms with Crippen molar-refractivity contribution in [3.05, 3.63) is 65.7 Å². The van der Waals surface area contributed by atoms with Crippen LogP contribution in [0, 0.1) is 12.8 Å². The molecule has 144 valence electrons. The number of anilines is 1. The summed E-state index contributed by atoms with van der Waals surface area (Å²) >= 11 is 0. The SMILES string of the molecule is CC.Cc1ccc(C2CC2C(=O)N(C)CC(=O)N(C)c2ccccc2)cc1. The van der Waals surface area contributed by atoms with Gasteiger partial charge in [-0.1, -0.05) is 61.9 Å². The Morgan fingerprint density at radius 2 is 1.56 bits per heavy atom. The van der Waals surface area contributed by atoms with Crippen LogP contribution in [0.3, 0.4) is 0 Å². The number of benzene rings is 2. The van der Waals surface area contributed by atoms with Crippen LogP contribution in [0.2, 0.25) is 0 Å². The standard InChI is InChI=1S/C21H24N2O2.C2H6/c1-15-9-11-16(12-10-15)18-13-19(18)21(25)22(2)14-20(24)23(3)17-7-5-4-6-8-17;1-2/h4-12,18-19H,13-14H2,1-3H3;1-2H3. The number of hydrogen-bond donors (Lipinski definition) is 0. The summed E-state index contributed by atoms with van der Waals surface area (Å²) in [5.74, 6) is 0.259. The van der Waals surface area contributed by atoms with E-state index in [1.165, 1.54) is 11.1 Å². The van der Waals surface area contributed by atoms with Crippen molar-refractivity contribution in [2.24, 2.45) is 5.92 Å². The van der Waals surface area contributed by atoms with Gasteiger partial charge in [-0.3, -0.25) is 9.59 Å². The van der Waals surface area contributed by atoms with Crippen molar-refractivity contribution in [1.82, 2.24) is 4.90 Å². The molecule has 0 N–H and O–H groups in total. The van der Waals surface area contributed by atoms with Crippen LogP contribution in [0.4, 0.5) is 5.69 Å². The number of amides is 2. The molecule has 2 aromatic carbocycles. The molecule has 4 heteroatoms. The maximum Gasteiger partial charge on any atom is 0.246 e. The predicted octanol–water partition coefficient (Wildman–Crippen LogP) is 4.25. The largest absolute Gasteiger partial charge is 0.336 e. The van der Waals surface area contributed by atoms with Crippen LogP contribution in [0.25, 0.3) is 0 Å². The van der Waals surface area contributed by atoms with Gasteiger partial charge < -0.3 is 9.80 Å². The average Bonchev–Trinajstić information content (AvgIpc) is 3.50. The highest BCUT2D eigenvalue weighted by Crippen LogP contribution is 2.48. The fourth-order valence-electron chi connectivity index (χ4n) is 3.12.